The predicted octanol–water partition coefficient (Wildman–Crippen LogP) is 7.75. The molecule has 3 rings (SSSR count). The topological polar surface area (TPSA) is 98.4 Å². The van der Waals surface area contributed by atoms with Crippen molar-refractivity contribution in [1.29, 1.82) is 0 Å². The summed E-state index contributed by atoms with van der Waals surface area (Å²) in [7, 11) is 1.45. The third-order valence-electron chi connectivity index (χ3n) is 6.58. The molecule has 0 bridgehead atoms. The summed E-state index contributed by atoms with van der Waals surface area (Å²) < 4.78 is 24.0. The second-order valence-electron chi connectivity index (χ2n) is 12.3. The van der Waals surface area contributed by atoms with Crippen molar-refractivity contribution in [3.8, 4) is 23.0 Å². The van der Waals surface area contributed by atoms with Crippen LogP contribution in [0.2, 0.25) is 0 Å². The zero-order chi connectivity index (χ0) is 30.0. The molecule has 218 valence electrons. The first kappa shape index (κ1) is 31.1. The van der Waals surface area contributed by atoms with E-state index in [1.807, 2.05) is 74.5 Å². The van der Waals surface area contributed by atoms with Crippen LogP contribution < -0.4 is 14.9 Å². The molecule has 1 aromatic heterocycles. The maximum Gasteiger partial charge on any atom is 0.204 e. The zero-order valence-electron chi connectivity index (χ0n) is 25.6. The van der Waals surface area contributed by atoms with Gasteiger partial charge in [-0.25, -0.2) is 0 Å². The van der Waals surface area contributed by atoms with Gasteiger partial charge in [-0.05, 0) is 75.2 Å². The normalized spacial score (nSPS) is 12.1. The molecule has 0 saturated heterocycles. The van der Waals surface area contributed by atoms with Gasteiger partial charge in [-0.15, -0.1) is 0 Å². The summed E-state index contributed by atoms with van der Waals surface area (Å²) in [5.41, 5.74) is 2.19. The van der Waals surface area contributed by atoms with E-state index < -0.39 is 11.0 Å². The molecule has 0 radical (unpaired) electrons. The maximum absolute atomic E-state index is 14.0. The van der Waals surface area contributed by atoms with Gasteiger partial charge >= 0.3 is 0 Å². The number of hydrogen-bond acceptors (Lipinski definition) is 7. The highest BCUT2D eigenvalue weighted by molar-refractivity contribution is 5.97. The second-order valence-corrected chi connectivity index (χ2v) is 12.3. The summed E-state index contributed by atoms with van der Waals surface area (Å²) in [6.45, 7) is 18.3. The number of benzene rings is 2. The lowest BCUT2D eigenvalue weighted by Gasteiger charge is -2.30. The van der Waals surface area contributed by atoms with Crippen molar-refractivity contribution in [2.45, 2.75) is 92.8 Å². The lowest BCUT2D eigenvalue weighted by molar-refractivity contribution is -0.0294. The van der Waals surface area contributed by atoms with E-state index in [2.05, 4.69) is 0 Å². The molecule has 0 fully saturated rings. The number of phenols is 2. The first-order chi connectivity index (χ1) is 18.5. The molecule has 2 N–H and O–H groups in total. The monoisotopic (exact) mass is 552 g/mol. The molecule has 0 saturated carbocycles. The smallest absolute Gasteiger partial charge is 0.204 e. The number of methoxy groups -OCH3 is 1. The van der Waals surface area contributed by atoms with Crippen LogP contribution >= 0.6 is 0 Å². The van der Waals surface area contributed by atoms with Gasteiger partial charge in [-0.2, -0.15) is 0 Å². The van der Waals surface area contributed by atoms with Crippen LogP contribution in [-0.2, 0) is 17.6 Å². The lowest BCUT2D eigenvalue weighted by atomic mass is 9.98. The minimum absolute atomic E-state index is 0.0667. The van der Waals surface area contributed by atoms with Crippen LogP contribution in [0, 0.1) is 0 Å². The van der Waals surface area contributed by atoms with Crippen LogP contribution in [0.15, 0.2) is 44.6 Å². The summed E-state index contributed by atoms with van der Waals surface area (Å²) in [6, 6.07) is 3.04. The fraction of sp³-hybridized carbons (Fsp3) is 0.485. The molecule has 2 aromatic carbocycles. The van der Waals surface area contributed by atoms with Gasteiger partial charge in [-0.1, -0.05) is 23.3 Å². The van der Waals surface area contributed by atoms with E-state index in [4.69, 9.17) is 18.6 Å². The number of allylic oxidation sites excluding steroid dienone is 4. The van der Waals surface area contributed by atoms with Gasteiger partial charge in [-0.3, -0.25) is 4.79 Å². The van der Waals surface area contributed by atoms with Crippen molar-refractivity contribution in [1.82, 2.24) is 0 Å². The number of phenolic OH excluding ortho intramolecular Hbond substituents is 2. The molecule has 40 heavy (non-hydrogen) atoms. The number of ether oxygens (including phenoxy) is 3. The van der Waals surface area contributed by atoms with E-state index >= 15 is 0 Å². The van der Waals surface area contributed by atoms with Crippen molar-refractivity contribution in [3.63, 3.8) is 0 Å². The summed E-state index contributed by atoms with van der Waals surface area (Å²) in [5, 5.41) is 22.6. The fourth-order valence-electron chi connectivity index (χ4n) is 4.49. The molecule has 0 spiro atoms. The SMILES string of the molecule is COc1c(O)cc2oc3cc(OC(C)(C)CCOC(C)(C)C)c(CC=C(C)C)c(O)c3c(=O)c2c1CC=C(C)C. The highest BCUT2D eigenvalue weighted by Gasteiger charge is 2.27. The predicted molar refractivity (Wildman–Crippen MR) is 161 cm³/mol. The summed E-state index contributed by atoms with van der Waals surface area (Å²) >= 11 is 0. The Morgan fingerprint density at radius 2 is 1.48 bits per heavy atom. The van der Waals surface area contributed by atoms with E-state index in [0.717, 1.165) is 11.1 Å². The minimum Gasteiger partial charge on any atom is -0.507 e. The van der Waals surface area contributed by atoms with Gasteiger partial charge in [0.2, 0.25) is 5.43 Å². The van der Waals surface area contributed by atoms with Crippen molar-refractivity contribution < 1.29 is 28.8 Å². The van der Waals surface area contributed by atoms with E-state index in [1.165, 1.54) is 13.2 Å². The summed E-state index contributed by atoms with van der Waals surface area (Å²) in [5.74, 6) is 0.325. The van der Waals surface area contributed by atoms with Crippen LogP contribution in [-0.4, -0.2) is 35.1 Å². The van der Waals surface area contributed by atoms with E-state index in [1.54, 1.807) is 6.07 Å². The molecular weight excluding hydrogens is 508 g/mol. The largest absolute Gasteiger partial charge is 0.507 e. The Labute approximate surface area is 237 Å². The average Bonchev–Trinajstić information content (AvgIpc) is 2.80. The third kappa shape index (κ3) is 7.19. The Balaban J connectivity index is 2.29. The maximum atomic E-state index is 14.0. The number of rotatable bonds is 10. The second kappa shape index (κ2) is 12.0. The summed E-state index contributed by atoms with van der Waals surface area (Å²) in [4.78, 5) is 14.0. The van der Waals surface area contributed by atoms with Gasteiger partial charge in [0, 0.05) is 29.7 Å². The first-order valence-corrected chi connectivity index (χ1v) is 13.7. The molecule has 7 nitrogen and oxygen atoms in total. The Morgan fingerprint density at radius 1 is 0.900 bits per heavy atom. The van der Waals surface area contributed by atoms with Crippen LogP contribution in [0.25, 0.3) is 21.9 Å². The quantitative estimate of drug-likeness (QED) is 0.196. The van der Waals surface area contributed by atoms with Crippen molar-refractivity contribution in [2.75, 3.05) is 13.7 Å². The lowest BCUT2D eigenvalue weighted by Crippen LogP contribution is -2.32. The van der Waals surface area contributed by atoms with Crippen molar-refractivity contribution in [2.24, 2.45) is 0 Å². The fourth-order valence-corrected chi connectivity index (χ4v) is 4.49. The average molecular weight is 553 g/mol. The standard InChI is InChI=1S/C33H44O7/c1-19(2)11-13-21-24(40-33(8,9)15-16-38-32(5,6)7)18-26-28(29(21)35)30(36)27-22(14-12-20(3)4)31(37-10)23(34)17-25(27)39-26/h11-12,17-18,34-35H,13-16H2,1-10H3. The van der Waals surface area contributed by atoms with Crippen LogP contribution in [0.1, 0.15) is 79.9 Å². The summed E-state index contributed by atoms with van der Waals surface area (Å²) in [6.07, 6.45) is 5.25. The van der Waals surface area contributed by atoms with E-state index in [9.17, 15) is 15.0 Å². The van der Waals surface area contributed by atoms with E-state index in [-0.39, 0.29) is 44.8 Å². The number of fused-ring (bicyclic) bond motifs is 2. The molecule has 0 unspecified atom stereocenters. The van der Waals surface area contributed by atoms with Gasteiger partial charge in [0.05, 0.1) is 24.7 Å². The Morgan fingerprint density at radius 3 is 2.02 bits per heavy atom. The van der Waals surface area contributed by atoms with E-state index in [0.29, 0.717) is 42.7 Å². The molecule has 0 atom stereocenters. The highest BCUT2D eigenvalue weighted by Crippen LogP contribution is 2.42. The van der Waals surface area contributed by atoms with Crippen LogP contribution in [0.3, 0.4) is 0 Å². The Hall–Kier alpha value is -3.45. The third-order valence-corrected chi connectivity index (χ3v) is 6.58. The van der Waals surface area contributed by atoms with Gasteiger partial charge in [0.15, 0.2) is 11.5 Å². The van der Waals surface area contributed by atoms with Crippen molar-refractivity contribution >= 4 is 21.9 Å². The van der Waals surface area contributed by atoms with Gasteiger partial charge < -0.3 is 28.8 Å². The zero-order valence-corrected chi connectivity index (χ0v) is 25.6. The number of hydrogen-bond donors (Lipinski definition) is 2. The van der Waals surface area contributed by atoms with Gasteiger partial charge in [0.25, 0.3) is 0 Å². The first-order valence-electron chi connectivity index (χ1n) is 13.7. The Bertz CT molecular complexity index is 1510. The minimum atomic E-state index is -0.634. The molecule has 1 heterocycles. The molecule has 3 aromatic rings. The molecule has 0 aliphatic rings. The Kier molecular flexibility index (Phi) is 9.30. The molecule has 0 aliphatic heterocycles. The molecule has 7 heteroatoms. The highest BCUT2D eigenvalue weighted by atomic mass is 16.5. The molecular formula is C33H44O7. The van der Waals surface area contributed by atoms with Gasteiger partial charge in [0.1, 0.15) is 33.7 Å². The van der Waals surface area contributed by atoms with Crippen LogP contribution in [0.4, 0.5) is 0 Å². The van der Waals surface area contributed by atoms with Crippen LogP contribution in [0.5, 0.6) is 23.0 Å². The molecule has 0 aliphatic carbocycles. The van der Waals surface area contributed by atoms with Crippen molar-refractivity contribution in [3.05, 3.63) is 56.8 Å². The molecule has 0 amide bonds. The number of aromatic hydroxyl groups is 2.